The Morgan fingerprint density at radius 1 is 0.397 bits per heavy atom. The molecule has 0 spiro atoms. The number of rotatable bonds is 45. The minimum atomic E-state index is -0.550. The van der Waals surface area contributed by atoms with Crippen molar-refractivity contribution in [3.63, 3.8) is 0 Å². The molecule has 0 fully saturated rings. The molecule has 0 aromatic heterocycles. The van der Waals surface area contributed by atoms with Gasteiger partial charge in [-0.15, -0.1) is 0 Å². The zero-order valence-corrected chi connectivity index (χ0v) is 38.6. The molecule has 0 amide bonds. The topological polar surface area (TPSA) is 61.8 Å². The summed E-state index contributed by atoms with van der Waals surface area (Å²) in [6.07, 6.45) is 60.8. The second-order valence-electron chi connectivity index (χ2n) is 16.3. The number of hydrogen-bond donors (Lipinski definition) is 0. The maximum atomic E-state index is 12.8. The molecular weight excluding hydrogens is 717 g/mol. The van der Waals surface area contributed by atoms with Gasteiger partial charge in [-0.1, -0.05) is 184 Å². The summed E-state index contributed by atoms with van der Waals surface area (Å²) < 4.78 is 17.4. The lowest BCUT2D eigenvalue weighted by Gasteiger charge is -2.18. The highest BCUT2D eigenvalue weighted by Crippen LogP contribution is 2.13. The normalized spacial score (nSPS) is 12.7. The van der Waals surface area contributed by atoms with Gasteiger partial charge in [-0.05, 0) is 103 Å². The summed E-state index contributed by atoms with van der Waals surface area (Å²) in [5, 5.41) is 0. The molecule has 336 valence electrons. The van der Waals surface area contributed by atoms with Crippen molar-refractivity contribution in [3.05, 3.63) is 60.8 Å². The molecule has 0 radical (unpaired) electrons. The summed E-state index contributed by atoms with van der Waals surface area (Å²) in [5.41, 5.74) is 0. The smallest absolute Gasteiger partial charge is 0.306 e. The highest BCUT2D eigenvalue weighted by Gasteiger charge is 2.17. The fraction of sp³-hybridized carbons (Fsp3) is 0.774. The highest BCUT2D eigenvalue weighted by atomic mass is 16.6. The molecule has 0 aliphatic heterocycles. The molecule has 0 saturated carbocycles. The van der Waals surface area contributed by atoms with Crippen molar-refractivity contribution < 1.29 is 23.8 Å². The summed E-state index contributed by atoms with van der Waals surface area (Å²) in [4.78, 5) is 25.3. The monoisotopic (exact) mass is 811 g/mol. The molecule has 58 heavy (non-hydrogen) atoms. The van der Waals surface area contributed by atoms with Crippen molar-refractivity contribution in [3.8, 4) is 0 Å². The fourth-order valence-electron chi connectivity index (χ4n) is 6.81. The molecule has 1 atom stereocenters. The van der Waals surface area contributed by atoms with Crippen LogP contribution in [-0.4, -0.2) is 37.9 Å². The standard InChI is InChI=1S/C53H94O5/c1-4-7-10-13-16-19-22-25-26-27-30-33-36-39-42-45-48-56-49-51(58-53(55)47-44-41-38-35-32-29-24-21-18-15-12-9-6-3)50-57-52(54)46-43-40-37-34-31-28-23-20-17-14-11-8-5-2/h7,10,16,19-21,23-26,51H,4-6,8-9,11-15,17-18,22,27-50H2,1-3H3/b10-7-,19-16-,23-20-,24-21-,26-25-. The Balaban J connectivity index is 4.30. The zero-order chi connectivity index (χ0) is 42.1. The second-order valence-corrected chi connectivity index (χ2v) is 16.3. The van der Waals surface area contributed by atoms with E-state index in [-0.39, 0.29) is 25.2 Å². The van der Waals surface area contributed by atoms with Gasteiger partial charge in [0.2, 0.25) is 0 Å². The van der Waals surface area contributed by atoms with Gasteiger partial charge in [0.1, 0.15) is 6.61 Å². The van der Waals surface area contributed by atoms with Crippen LogP contribution in [0.3, 0.4) is 0 Å². The predicted octanol–water partition coefficient (Wildman–Crippen LogP) is 16.6. The predicted molar refractivity (Wildman–Crippen MR) is 251 cm³/mol. The SMILES string of the molecule is CC/C=C\C/C=C\C/C=C\CCCCCCCCOCC(COC(=O)CCCCCCC/C=C\CCCCCC)OC(=O)CCCCCCC/C=C\CCCCCC. The molecule has 0 saturated heterocycles. The fourth-order valence-corrected chi connectivity index (χ4v) is 6.81. The summed E-state index contributed by atoms with van der Waals surface area (Å²) in [6.45, 7) is 7.65. The largest absolute Gasteiger partial charge is 0.462 e. The third kappa shape index (κ3) is 46.3. The Bertz CT molecular complexity index is 1010. The van der Waals surface area contributed by atoms with E-state index < -0.39 is 6.10 Å². The number of allylic oxidation sites excluding steroid dienone is 10. The molecule has 0 aromatic rings. The van der Waals surface area contributed by atoms with E-state index >= 15 is 0 Å². The van der Waals surface area contributed by atoms with E-state index in [0.29, 0.717) is 19.4 Å². The van der Waals surface area contributed by atoms with Crippen LogP contribution in [0, 0.1) is 0 Å². The maximum absolute atomic E-state index is 12.8. The van der Waals surface area contributed by atoms with Gasteiger partial charge in [0, 0.05) is 19.4 Å². The van der Waals surface area contributed by atoms with E-state index in [1.165, 1.54) is 116 Å². The molecule has 0 heterocycles. The molecule has 0 rings (SSSR count). The van der Waals surface area contributed by atoms with Gasteiger partial charge in [-0.3, -0.25) is 9.59 Å². The van der Waals surface area contributed by atoms with E-state index in [1.54, 1.807) is 0 Å². The number of carbonyl (C=O) groups excluding carboxylic acids is 2. The van der Waals surface area contributed by atoms with Crippen molar-refractivity contribution >= 4 is 11.9 Å². The van der Waals surface area contributed by atoms with E-state index in [9.17, 15) is 9.59 Å². The Kier molecular flexibility index (Phi) is 46.9. The highest BCUT2D eigenvalue weighted by molar-refractivity contribution is 5.70. The van der Waals surface area contributed by atoms with Crippen molar-refractivity contribution in [2.24, 2.45) is 0 Å². The summed E-state index contributed by atoms with van der Waals surface area (Å²) in [5.74, 6) is -0.422. The number of carbonyl (C=O) groups is 2. The zero-order valence-electron chi connectivity index (χ0n) is 38.6. The third-order valence-electron chi connectivity index (χ3n) is 10.5. The van der Waals surface area contributed by atoms with Gasteiger partial charge >= 0.3 is 11.9 Å². The first kappa shape index (κ1) is 55.6. The Hall–Kier alpha value is -2.40. The van der Waals surface area contributed by atoms with Crippen LogP contribution in [0.25, 0.3) is 0 Å². The first-order valence-electron chi connectivity index (χ1n) is 24.8. The summed E-state index contributed by atoms with van der Waals surface area (Å²) >= 11 is 0. The van der Waals surface area contributed by atoms with Crippen LogP contribution in [0.15, 0.2) is 60.8 Å². The van der Waals surface area contributed by atoms with E-state index in [4.69, 9.17) is 14.2 Å². The van der Waals surface area contributed by atoms with Crippen molar-refractivity contribution in [1.29, 1.82) is 0 Å². The first-order valence-corrected chi connectivity index (χ1v) is 24.8. The van der Waals surface area contributed by atoms with Crippen LogP contribution in [-0.2, 0) is 23.8 Å². The van der Waals surface area contributed by atoms with Crippen molar-refractivity contribution in [1.82, 2.24) is 0 Å². The minimum Gasteiger partial charge on any atom is -0.462 e. The number of unbranched alkanes of at least 4 members (excludes halogenated alkanes) is 24. The van der Waals surface area contributed by atoms with Crippen molar-refractivity contribution in [2.75, 3.05) is 19.8 Å². The Morgan fingerprint density at radius 3 is 1.26 bits per heavy atom. The number of esters is 2. The quantitative estimate of drug-likeness (QED) is 0.0348. The van der Waals surface area contributed by atoms with Crippen LogP contribution in [0.1, 0.15) is 239 Å². The van der Waals surface area contributed by atoms with Gasteiger partial charge in [0.05, 0.1) is 6.61 Å². The van der Waals surface area contributed by atoms with E-state index in [1.807, 2.05) is 0 Å². The van der Waals surface area contributed by atoms with E-state index in [2.05, 4.69) is 81.5 Å². The molecule has 5 nitrogen and oxygen atoms in total. The second kappa shape index (κ2) is 49.0. The number of hydrogen-bond acceptors (Lipinski definition) is 5. The summed E-state index contributed by atoms with van der Waals surface area (Å²) in [6, 6.07) is 0. The molecular formula is C53H94O5. The van der Waals surface area contributed by atoms with Gasteiger partial charge < -0.3 is 14.2 Å². The third-order valence-corrected chi connectivity index (χ3v) is 10.5. The van der Waals surface area contributed by atoms with Crippen LogP contribution >= 0.6 is 0 Å². The minimum absolute atomic E-state index is 0.0719. The molecule has 5 heteroatoms. The summed E-state index contributed by atoms with van der Waals surface area (Å²) in [7, 11) is 0. The van der Waals surface area contributed by atoms with Crippen LogP contribution < -0.4 is 0 Å². The lowest BCUT2D eigenvalue weighted by Crippen LogP contribution is -2.30. The maximum Gasteiger partial charge on any atom is 0.306 e. The van der Waals surface area contributed by atoms with Crippen LogP contribution in [0.2, 0.25) is 0 Å². The van der Waals surface area contributed by atoms with Crippen LogP contribution in [0.5, 0.6) is 0 Å². The molecule has 0 bridgehead atoms. The molecule has 1 unspecified atom stereocenters. The van der Waals surface area contributed by atoms with Gasteiger partial charge in [0.25, 0.3) is 0 Å². The lowest BCUT2D eigenvalue weighted by atomic mass is 10.1. The van der Waals surface area contributed by atoms with E-state index in [0.717, 1.165) is 89.9 Å². The molecule has 0 aliphatic rings. The average Bonchev–Trinajstić information content (AvgIpc) is 3.22. The number of ether oxygens (including phenoxy) is 3. The first-order chi connectivity index (χ1) is 28.6. The average molecular weight is 811 g/mol. The Labute approximate surface area is 360 Å². The van der Waals surface area contributed by atoms with Gasteiger partial charge in [-0.25, -0.2) is 0 Å². The van der Waals surface area contributed by atoms with Crippen LogP contribution in [0.4, 0.5) is 0 Å². The van der Waals surface area contributed by atoms with Crippen molar-refractivity contribution in [2.45, 2.75) is 245 Å². The molecule has 0 N–H and O–H groups in total. The lowest BCUT2D eigenvalue weighted by molar-refractivity contribution is -0.163. The molecule has 0 aromatic carbocycles. The Morgan fingerprint density at radius 2 is 0.776 bits per heavy atom. The van der Waals surface area contributed by atoms with Gasteiger partial charge in [0.15, 0.2) is 6.10 Å². The van der Waals surface area contributed by atoms with Gasteiger partial charge in [-0.2, -0.15) is 0 Å². The molecule has 0 aliphatic carbocycles.